The number of carbonyl (C=O) groups is 1. The number of aryl methyl sites for hydroxylation is 1. The van der Waals surface area contributed by atoms with Crippen molar-refractivity contribution in [2.24, 2.45) is 0 Å². The van der Waals surface area contributed by atoms with E-state index < -0.39 is 10.9 Å². The number of hydrogen-bond donors (Lipinski definition) is 0. The molecule has 0 aromatic heterocycles. The van der Waals surface area contributed by atoms with Crippen LogP contribution < -0.4 is 4.74 Å². The summed E-state index contributed by atoms with van der Waals surface area (Å²) in [6, 6.07) is 4.71. The van der Waals surface area contributed by atoms with E-state index in [4.69, 9.17) is 9.47 Å². The zero-order valence-electron chi connectivity index (χ0n) is 11.8. The van der Waals surface area contributed by atoms with Crippen LogP contribution in [0, 0.1) is 10.1 Å². The summed E-state index contributed by atoms with van der Waals surface area (Å²) in [6.45, 7) is 3.92. The van der Waals surface area contributed by atoms with Crippen LogP contribution in [0.15, 0.2) is 18.2 Å². The molecule has 0 aliphatic carbocycles. The number of benzene rings is 1. The van der Waals surface area contributed by atoms with Gasteiger partial charge in [0.1, 0.15) is 0 Å². The summed E-state index contributed by atoms with van der Waals surface area (Å²) in [6.07, 6.45) is 2.41. The standard InChI is InChI=1S/C14H19NO5/c1-3-5-8-19-14(16)10-20-13-7-6-11(4-2)9-12(13)15(17)18/h6-7,9H,3-5,8,10H2,1-2H3. The second-order valence-electron chi connectivity index (χ2n) is 4.28. The Morgan fingerprint density at radius 1 is 1.35 bits per heavy atom. The fraction of sp³-hybridized carbons (Fsp3) is 0.500. The lowest BCUT2D eigenvalue weighted by molar-refractivity contribution is -0.385. The molecule has 0 spiro atoms. The van der Waals surface area contributed by atoms with Gasteiger partial charge in [0.15, 0.2) is 12.4 Å². The number of esters is 1. The predicted octanol–water partition coefficient (Wildman–Crippen LogP) is 2.88. The molecule has 0 aliphatic rings. The maximum Gasteiger partial charge on any atom is 0.344 e. The van der Waals surface area contributed by atoms with Crippen molar-refractivity contribution < 1.29 is 19.2 Å². The Morgan fingerprint density at radius 3 is 2.70 bits per heavy atom. The molecule has 0 amide bonds. The van der Waals surface area contributed by atoms with Gasteiger partial charge in [-0.05, 0) is 24.5 Å². The first-order valence-electron chi connectivity index (χ1n) is 6.64. The molecule has 1 aromatic carbocycles. The van der Waals surface area contributed by atoms with Gasteiger partial charge in [0.25, 0.3) is 0 Å². The van der Waals surface area contributed by atoms with Crippen molar-refractivity contribution in [3.8, 4) is 5.75 Å². The zero-order valence-corrected chi connectivity index (χ0v) is 11.8. The Morgan fingerprint density at radius 2 is 2.10 bits per heavy atom. The predicted molar refractivity (Wildman–Crippen MR) is 73.8 cm³/mol. The van der Waals surface area contributed by atoms with Gasteiger partial charge in [0, 0.05) is 6.07 Å². The molecule has 1 rings (SSSR count). The van der Waals surface area contributed by atoms with Gasteiger partial charge >= 0.3 is 11.7 Å². The summed E-state index contributed by atoms with van der Waals surface area (Å²) in [5.74, 6) is -0.438. The first-order valence-corrected chi connectivity index (χ1v) is 6.64. The molecule has 0 aliphatic heterocycles. The first-order chi connectivity index (χ1) is 9.58. The van der Waals surface area contributed by atoms with E-state index in [1.807, 2.05) is 13.8 Å². The van der Waals surface area contributed by atoms with Crippen molar-refractivity contribution >= 4 is 11.7 Å². The van der Waals surface area contributed by atoms with Gasteiger partial charge in [-0.3, -0.25) is 10.1 Å². The fourth-order valence-corrected chi connectivity index (χ4v) is 1.56. The third-order valence-corrected chi connectivity index (χ3v) is 2.73. The molecular formula is C14H19NO5. The van der Waals surface area contributed by atoms with E-state index >= 15 is 0 Å². The number of nitro benzene ring substituents is 1. The van der Waals surface area contributed by atoms with Crippen LogP contribution in [0.4, 0.5) is 5.69 Å². The van der Waals surface area contributed by atoms with Crippen molar-refractivity contribution in [2.75, 3.05) is 13.2 Å². The van der Waals surface area contributed by atoms with Gasteiger partial charge in [0.05, 0.1) is 11.5 Å². The molecule has 0 saturated heterocycles. The van der Waals surface area contributed by atoms with Crippen molar-refractivity contribution in [3.05, 3.63) is 33.9 Å². The smallest absolute Gasteiger partial charge is 0.344 e. The maximum atomic E-state index is 11.4. The lowest BCUT2D eigenvalue weighted by Crippen LogP contribution is -2.16. The Labute approximate surface area is 117 Å². The second-order valence-corrected chi connectivity index (χ2v) is 4.28. The van der Waals surface area contributed by atoms with Crippen LogP contribution >= 0.6 is 0 Å². The molecule has 0 N–H and O–H groups in total. The number of ether oxygens (including phenoxy) is 2. The molecule has 110 valence electrons. The molecule has 0 fully saturated rings. The van der Waals surface area contributed by atoms with Crippen LogP contribution in [0.3, 0.4) is 0 Å². The van der Waals surface area contributed by atoms with E-state index in [0.717, 1.165) is 18.4 Å². The third-order valence-electron chi connectivity index (χ3n) is 2.73. The van der Waals surface area contributed by atoms with Crippen LogP contribution in [0.2, 0.25) is 0 Å². The molecule has 6 nitrogen and oxygen atoms in total. The van der Waals surface area contributed by atoms with Gasteiger partial charge < -0.3 is 9.47 Å². The van der Waals surface area contributed by atoms with E-state index in [-0.39, 0.29) is 18.0 Å². The van der Waals surface area contributed by atoms with E-state index in [1.54, 1.807) is 6.07 Å². The summed E-state index contributed by atoms with van der Waals surface area (Å²) < 4.78 is 10.1. The van der Waals surface area contributed by atoms with Crippen LogP contribution in [0.25, 0.3) is 0 Å². The lowest BCUT2D eigenvalue weighted by Gasteiger charge is -2.08. The number of carbonyl (C=O) groups excluding carboxylic acids is 1. The quantitative estimate of drug-likeness (QED) is 0.317. The van der Waals surface area contributed by atoms with Gasteiger partial charge in [-0.25, -0.2) is 4.79 Å². The van der Waals surface area contributed by atoms with Gasteiger partial charge in [-0.15, -0.1) is 0 Å². The van der Waals surface area contributed by atoms with Gasteiger partial charge in [-0.1, -0.05) is 26.3 Å². The summed E-state index contributed by atoms with van der Waals surface area (Å²) in [5.41, 5.74) is 0.709. The van der Waals surface area contributed by atoms with Crippen molar-refractivity contribution in [2.45, 2.75) is 33.1 Å². The minimum Gasteiger partial charge on any atom is -0.475 e. The number of nitro groups is 1. The minimum absolute atomic E-state index is 0.0830. The molecular weight excluding hydrogens is 262 g/mol. The fourth-order valence-electron chi connectivity index (χ4n) is 1.56. The van der Waals surface area contributed by atoms with E-state index in [9.17, 15) is 14.9 Å². The summed E-state index contributed by atoms with van der Waals surface area (Å²) in [5, 5.41) is 11.0. The normalized spacial score (nSPS) is 10.1. The van der Waals surface area contributed by atoms with Crippen LogP contribution in [-0.4, -0.2) is 24.1 Å². The number of hydrogen-bond acceptors (Lipinski definition) is 5. The molecule has 0 unspecified atom stereocenters. The maximum absolute atomic E-state index is 11.4. The average Bonchev–Trinajstić information content (AvgIpc) is 2.45. The van der Waals surface area contributed by atoms with E-state index in [0.29, 0.717) is 13.0 Å². The SMILES string of the molecule is CCCCOC(=O)COc1ccc(CC)cc1[N+](=O)[O-]. The molecule has 1 aromatic rings. The molecule has 0 radical (unpaired) electrons. The Bertz CT molecular complexity index is 473. The molecule has 0 bridgehead atoms. The van der Waals surface area contributed by atoms with Crippen LogP contribution in [-0.2, 0) is 16.0 Å². The monoisotopic (exact) mass is 281 g/mol. The Kier molecular flexibility index (Phi) is 6.49. The highest BCUT2D eigenvalue weighted by molar-refractivity contribution is 5.71. The molecule has 0 heterocycles. The van der Waals surface area contributed by atoms with E-state index in [2.05, 4.69) is 0 Å². The minimum atomic E-state index is -0.521. The highest BCUT2D eigenvalue weighted by Crippen LogP contribution is 2.28. The van der Waals surface area contributed by atoms with Crippen molar-refractivity contribution in [1.82, 2.24) is 0 Å². The highest BCUT2D eigenvalue weighted by Gasteiger charge is 2.17. The Hall–Kier alpha value is -2.11. The van der Waals surface area contributed by atoms with Gasteiger partial charge in [-0.2, -0.15) is 0 Å². The van der Waals surface area contributed by atoms with Crippen LogP contribution in [0.1, 0.15) is 32.3 Å². The molecule has 0 atom stereocenters. The average molecular weight is 281 g/mol. The van der Waals surface area contributed by atoms with Crippen molar-refractivity contribution in [1.29, 1.82) is 0 Å². The second kappa shape index (κ2) is 8.14. The number of rotatable bonds is 8. The highest BCUT2D eigenvalue weighted by atomic mass is 16.6. The van der Waals surface area contributed by atoms with E-state index in [1.165, 1.54) is 12.1 Å². The zero-order chi connectivity index (χ0) is 15.0. The third kappa shape index (κ3) is 4.87. The Balaban J connectivity index is 2.63. The molecule has 0 saturated carbocycles. The van der Waals surface area contributed by atoms with Crippen LogP contribution in [0.5, 0.6) is 5.75 Å². The number of nitrogens with zero attached hydrogens (tertiary/aromatic N) is 1. The van der Waals surface area contributed by atoms with Crippen molar-refractivity contribution in [3.63, 3.8) is 0 Å². The summed E-state index contributed by atoms with van der Waals surface area (Å²) >= 11 is 0. The topological polar surface area (TPSA) is 78.7 Å². The van der Waals surface area contributed by atoms with Gasteiger partial charge in [0.2, 0.25) is 0 Å². The summed E-state index contributed by atoms with van der Waals surface area (Å²) in [7, 11) is 0. The molecule has 20 heavy (non-hydrogen) atoms. The molecule has 6 heteroatoms. The first kappa shape index (κ1) is 15.9. The summed E-state index contributed by atoms with van der Waals surface area (Å²) in [4.78, 5) is 21.8. The number of unbranched alkanes of at least 4 members (excludes halogenated alkanes) is 1. The largest absolute Gasteiger partial charge is 0.475 e. The lowest BCUT2D eigenvalue weighted by atomic mass is 10.1.